The molecule has 100 valence electrons. The molecule has 0 unspecified atom stereocenters. The van der Waals surface area contributed by atoms with Gasteiger partial charge in [0.05, 0.1) is 4.92 Å². The Morgan fingerprint density at radius 1 is 1.44 bits per heavy atom. The van der Waals surface area contributed by atoms with Crippen molar-refractivity contribution in [1.82, 2.24) is 0 Å². The topological polar surface area (TPSA) is 55.2 Å². The van der Waals surface area contributed by atoms with Crippen molar-refractivity contribution < 1.29 is 13.7 Å². The first-order valence-corrected chi connectivity index (χ1v) is 6.42. The summed E-state index contributed by atoms with van der Waals surface area (Å²) in [5.41, 5.74) is -0.868. The molecule has 0 heterocycles. The third kappa shape index (κ3) is 3.56. The Morgan fingerprint density at radius 2 is 2.06 bits per heavy atom. The minimum atomic E-state index is -1.18. The van der Waals surface area contributed by atoms with Crippen LogP contribution in [-0.4, -0.2) is 22.5 Å². The second-order valence-electron chi connectivity index (χ2n) is 4.36. The SMILES string of the molecule is CSC(C)(C)CNc1cc(F)cc(F)c1[N+](=O)[O-]. The Labute approximate surface area is 108 Å². The molecule has 0 aromatic heterocycles. The first-order chi connectivity index (χ1) is 8.26. The third-order valence-electron chi connectivity index (χ3n) is 2.47. The van der Waals surface area contributed by atoms with Gasteiger partial charge in [-0.05, 0) is 20.1 Å². The molecule has 1 aromatic carbocycles. The number of anilines is 1. The number of rotatable bonds is 5. The van der Waals surface area contributed by atoms with E-state index in [1.54, 1.807) is 11.8 Å². The van der Waals surface area contributed by atoms with E-state index in [2.05, 4.69) is 5.32 Å². The normalized spacial score (nSPS) is 11.4. The van der Waals surface area contributed by atoms with Crippen molar-refractivity contribution in [2.75, 3.05) is 18.1 Å². The summed E-state index contributed by atoms with van der Waals surface area (Å²) in [4.78, 5) is 9.89. The Balaban J connectivity index is 3.04. The van der Waals surface area contributed by atoms with Gasteiger partial charge in [0.15, 0.2) is 0 Å². The number of nitro benzene ring substituents is 1. The van der Waals surface area contributed by atoms with Gasteiger partial charge < -0.3 is 5.32 Å². The molecule has 4 nitrogen and oxygen atoms in total. The maximum Gasteiger partial charge on any atom is 0.327 e. The molecule has 0 amide bonds. The minimum absolute atomic E-state index is 0.139. The fourth-order valence-corrected chi connectivity index (χ4v) is 1.48. The Bertz CT molecular complexity index is 467. The molecule has 0 aliphatic heterocycles. The van der Waals surface area contributed by atoms with Gasteiger partial charge in [-0.15, -0.1) is 0 Å². The lowest BCUT2D eigenvalue weighted by atomic mass is 10.2. The molecule has 1 aromatic rings. The zero-order valence-electron chi connectivity index (χ0n) is 10.3. The summed E-state index contributed by atoms with van der Waals surface area (Å²) < 4.78 is 26.2. The average molecular weight is 276 g/mol. The lowest BCUT2D eigenvalue weighted by Gasteiger charge is -2.22. The fraction of sp³-hybridized carbons (Fsp3) is 0.455. The number of nitrogens with one attached hydrogen (secondary N) is 1. The van der Waals surface area contributed by atoms with Crippen molar-refractivity contribution in [2.45, 2.75) is 18.6 Å². The van der Waals surface area contributed by atoms with Crippen LogP contribution in [-0.2, 0) is 0 Å². The summed E-state index contributed by atoms with van der Waals surface area (Å²) in [6.07, 6.45) is 1.89. The smallest absolute Gasteiger partial charge is 0.327 e. The number of halogens is 2. The molecule has 7 heteroatoms. The van der Waals surface area contributed by atoms with Crippen LogP contribution in [0.15, 0.2) is 12.1 Å². The van der Waals surface area contributed by atoms with E-state index in [0.717, 1.165) is 6.07 Å². The number of benzene rings is 1. The lowest BCUT2D eigenvalue weighted by Crippen LogP contribution is -2.26. The number of hydrogen-bond acceptors (Lipinski definition) is 4. The van der Waals surface area contributed by atoms with E-state index in [-0.39, 0.29) is 10.4 Å². The van der Waals surface area contributed by atoms with Crippen molar-refractivity contribution in [3.63, 3.8) is 0 Å². The van der Waals surface area contributed by atoms with E-state index in [1.807, 2.05) is 20.1 Å². The van der Waals surface area contributed by atoms with Gasteiger partial charge in [0, 0.05) is 23.4 Å². The van der Waals surface area contributed by atoms with Gasteiger partial charge in [-0.3, -0.25) is 10.1 Å². The van der Waals surface area contributed by atoms with Crippen LogP contribution >= 0.6 is 11.8 Å². The zero-order valence-corrected chi connectivity index (χ0v) is 11.1. The van der Waals surface area contributed by atoms with E-state index in [4.69, 9.17) is 0 Å². The summed E-state index contributed by atoms with van der Waals surface area (Å²) >= 11 is 1.55. The van der Waals surface area contributed by atoms with E-state index in [0.29, 0.717) is 12.6 Å². The van der Waals surface area contributed by atoms with Gasteiger partial charge in [-0.2, -0.15) is 16.2 Å². The molecule has 0 aliphatic carbocycles. The Hall–Kier alpha value is -1.37. The van der Waals surface area contributed by atoms with Crippen molar-refractivity contribution in [2.24, 2.45) is 0 Å². The van der Waals surface area contributed by atoms with Crippen molar-refractivity contribution >= 4 is 23.1 Å². The van der Waals surface area contributed by atoms with Gasteiger partial charge in [-0.1, -0.05) is 0 Å². The molecule has 0 bridgehead atoms. The highest BCUT2D eigenvalue weighted by Crippen LogP contribution is 2.30. The molecule has 0 fully saturated rings. The van der Waals surface area contributed by atoms with Crippen LogP contribution in [0.25, 0.3) is 0 Å². The van der Waals surface area contributed by atoms with Gasteiger partial charge in [0.1, 0.15) is 11.5 Å². The van der Waals surface area contributed by atoms with E-state index >= 15 is 0 Å². The fourth-order valence-electron chi connectivity index (χ4n) is 1.27. The van der Waals surface area contributed by atoms with Crippen LogP contribution in [0.1, 0.15) is 13.8 Å². The maximum absolute atomic E-state index is 13.3. The summed E-state index contributed by atoms with van der Waals surface area (Å²) in [5.74, 6) is -2.02. The largest absolute Gasteiger partial charge is 0.378 e. The summed E-state index contributed by atoms with van der Waals surface area (Å²) in [7, 11) is 0. The molecule has 0 atom stereocenters. The van der Waals surface area contributed by atoms with E-state index in [9.17, 15) is 18.9 Å². The number of hydrogen-bond donors (Lipinski definition) is 1. The van der Waals surface area contributed by atoms with Gasteiger partial charge in [0.25, 0.3) is 0 Å². The predicted octanol–water partition coefficient (Wildman–Crippen LogP) is 3.43. The summed E-state index contributed by atoms with van der Waals surface area (Å²) in [6.45, 7) is 4.20. The molecule has 0 saturated carbocycles. The van der Waals surface area contributed by atoms with Gasteiger partial charge in [-0.25, -0.2) is 4.39 Å². The highest BCUT2D eigenvalue weighted by atomic mass is 32.2. The van der Waals surface area contributed by atoms with Crippen LogP contribution in [0.5, 0.6) is 0 Å². The molecule has 0 saturated heterocycles. The quantitative estimate of drug-likeness (QED) is 0.661. The number of thioether (sulfide) groups is 1. The molecular weight excluding hydrogens is 262 g/mol. The molecule has 1 rings (SSSR count). The molecule has 0 aliphatic rings. The second-order valence-corrected chi connectivity index (χ2v) is 5.87. The van der Waals surface area contributed by atoms with Crippen molar-refractivity contribution in [3.05, 3.63) is 33.9 Å². The van der Waals surface area contributed by atoms with Crippen molar-refractivity contribution in [1.29, 1.82) is 0 Å². The van der Waals surface area contributed by atoms with E-state index in [1.165, 1.54) is 0 Å². The maximum atomic E-state index is 13.3. The first-order valence-electron chi connectivity index (χ1n) is 5.19. The molecule has 1 N–H and O–H groups in total. The summed E-state index contributed by atoms with van der Waals surface area (Å²) in [5, 5.41) is 13.5. The molecular formula is C11H14F2N2O2S. The number of nitro groups is 1. The lowest BCUT2D eigenvalue weighted by molar-refractivity contribution is -0.386. The highest BCUT2D eigenvalue weighted by molar-refractivity contribution is 7.99. The Kier molecular flexibility index (Phi) is 4.50. The molecule has 0 spiro atoms. The van der Waals surface area contributed by atoms with Crippen molar-refractivity contribution in [3.8, 4) is 0 Å². The van der Waals surface area contributed by atoms with Crippen LogP contribution < -0.4 is 5.32 Å². The monoisotopic (exact) mass is 276 g/mol. The summed E-state index contributed by atoms with van der Waals surface area (Å²) in [6, 6.07) is 1.43. The van der Waals surface area contributed by atoms with E-state index < -0.39 is 22.2 Å². The minimum Gasteiger partial charge on any atom is -0.378 e. The third-order valence-corrected chi connectivity index (χ3v) is 3.72. The van der Waals surface area contributed by atoms with Crippen LogP contribution in [0, 0.1) is 21.7 Å². The van der Waals surface area contributed by atoms with Gasteiger partial charge in [0.2, 0.25) is 5.82 Å². The van der Waals surface area contributed by atoms with Crippen LogP contribution in [0.3, 0.4) is 0 Å². The van der Waals surface area contributed by atoms with Crippen LogP contribution in [0.2, 0.25) is 0 Å². The molecule has 0 radical (unpaired) electrons. The first kappa shape index (κ1) is 14.7. The zero-order chi connectivity index (χ0) is 13.9. The number of nitrogens with zero attached hydrogens (tertiary/aromatic N) is 1. The standard InChI is InChI=1S/C11H14F2N2O2S/c1-11(2,18-3)6-14-9-5-7(12)4-8(13)10(9)15(16)17/h4-5,14H,6H2,1-3H3. The average Bonchev–Trinajstić information content (AvgIpc) is 2.25. The second kappa shape index (κ2) is 5.51. The predicted molar refractivity (Wildman–Crippen MR) is 69.1 cm³/mol. The van der Waals surface area contributed by atoms with Gasteiger partial charge >= 0.3 is 5.69 Å². The molecule has 18 heavy (non-hydrogen) atoms. The highest BCUT2D eigenvalue weighted by Gasteiger charge is 2.24. The Morgan fingerprint density at radius 3 is 2.56 bits per heavy atom. The van der Waals surface area contributed by atoms with Crippen LogP contribution in [0.4, 0.5) is 20.2 Å².